The Bertz CT molecular complexity index is 672. The van der Waals surface area contributed by atoms with Crippen molar-refractivity contribution >= 4 is 10.9 Å². The summed E-state index contributed by atoms with van der Waals surface area (Å²) in [6.07, 6.45) is 1.80. The van der Waals surface area contributed by atoms with E-state index in [0.29, 0.717) is 0 Å². The summed E-state index contributed by atoms with van der Waals surface area (Å²) in [7, 11) is 1.67. The van der Waals surface area contributed by atoms with Gasteiger partial charge in [0.15, 0.2) is 0 Å². The zero-order chi connectivity index (χ0) is 12.4. The Balaban J connectivity index is 2.18. The highest BCUT2D eigenvalue weighted by molar-refractivity contribution is 5.93. The molecule has 0 radical (unpaired) electrons. The molecule has 3 heteroatoms. The van der Waals surface area contributed by atoms with E-state index >= 15 is 0 Å². The molecule has 3 nitrogen and oxygen atoms in total. The first-order chi connectivity index (χ1) is 8.88. The third-order valence-electron chi connectivity index (χ3n) is 2.95. The standard InChI is InChI=1S/C15H12N2O/c1-18-12-8-6-11(7-9-12)14-10-16-17-15-5-3-2-4-13(14)15/h2-10H,1H3. The largest absolute Gasteiger partial charge is 0.497 e. The topological polar surface area (TPSA) is 35.0 Å². The monoisotopic (exact) mass is 236 g/mol. The third-order valence-corrected chi connectivity index (χ3v) is 2.95. The SMILES string of the molecule is COc1ccc(-c2cnnc3ccccc23)cc1. The molecule has 3 rings (SSSR count). The van der Waals surface area contributed by atoms with Gasteiger partial charge in [0, 0.05) is 10.9 Å². The van der Waals surface area contributed by atoms with E-state index < -0.39 is 0 Å². The van der Waals surface area contributed by atoms with Gasteiger partial charge in [-0.1, -0.05) is 30.3 Å². The molecule has 88 valence electrons. The Kier molecular flexibility index (Phi) is 2.65. The van der Waals surface area contributed by atoms with Crippen molar-refractivity contribution in [1.29, 1.82) is 0 Å². The van der Waals surface area contributed by atoms with E-state index in [2.05, 4.69) is 16.3 Å². The Morgan fingerprint density at radius 1 is 0.944 bits per heavy atom. The van der Waals surface area contributed by atoms with Gasteiger partial charge in [-0.15, -0.1) is 0 Å². The van der Waals surface area contributed by atoms with Gasteiger partial charge in [0.05, 0.1) is 18.8 Å². The average Bonchev–Trinajstić information content (AvgIpc) is 2.47. The van der Waals surface area contributed by atoms with E-state index in [1.807, 2.05) is 42.5 Å². The van der Waals surface area contributed by atoms with Gasteiger partial charge >= 0.3 is 0 Å². The Morgan fingerprint density at radius 2 is 1.72 bits per heavy atom. The van der Waals surface area contributed by atoms with E-state index in [-0.39, 0.29) is 0 Å². The second-order valence-corrected chi connectivity index (χ2v) is 4.00. The van der Waals surface area contributed by atoms with Gasteiger partial charge in [-0.25, -0.2) is 0 Å². The molecule has 0 aliphatic carbocycles. The molecule has 0 aliphatic heterocycles. The molecule has 0 bridgehead atoms. The maximum atomic E-state index is 5.16. The second-order valence-electron chi connectivity index (χ2n) is 4.00. The van der Waals surface area contributed by atoms with Crippen LogP contribution < -0.4 is 4.74 Å². The van der Waals surface area contributed by atoms with Crippen molar-refractivity contribution in [3.05, 3.63) is 54.7 Å². The number of rotatable bonds is 2. The highest BCUT2D eigenvalue weighted by atomic mass is 16.5. The number of aromatic nitrogens is 2. The second kappa shape index (κ2) is 4.45. The molecular formula is C15H12N2O. The zero-order valence-corrected chi connectivity index (χ0v) is 10.00. The molecule has 1 aromatic heterocycles. The van der Waals surface area contributed by atoms with Gasteiger partial charge in [-0.05, 0) is 23.8 Å². The van der Waals surface area contributed by atoms with Gasteiger partial charge in [0.1, 0.15) is 5.75 Å². The minimum Gasteiger partial charge on any atom is -0.497 e. The maximum Gasteiger partial charge on any atom is 0.118 e. The van der Waals surface area contributed by atoms with Gasteiger partial charge < -0.3 is 4.74 Å². The smallest absolute Gasteiger partial charge is 0.118 e. The Labute approximate surface area is 105 Å². The van der Waals surface area contributed by atoms with Crippen LogP contribution in [-0.2, 0) is 0 Å². The Morgan fingerprint density at radius 3 is 2.50 bits per heavy atom. The minimum atomic E-state index is 0.852. The predicted octanol–water partition coefficient (Wildman–Crippen LogP) is 3.31. The lowest BCUT2D eigenvalue weighted by atomic mass is 10.0. The van der Waals surface area contributed by atoms with Gasteiger partial charge in [0.2, 0.25) is 0 Å². The van der Waals surface area contributed by atoms with E-state index in [1.54, 1.807) is 13.3 Å². The van der Waals surface area contributed by atoms with Crippen molar-refractivity contribution in [2.75, 3.05) is 7.11 Å². The molecule has 0 amide bonds. The highest BCUT2D eigenvalue weighted by Crippen LogP contribution is 2.27. The fourth-order valence-electron chi connectivity index (χ4n) is 2.01. The fraction of sp³-hybridized carbons (Fsp3) is 0.0667. The third kappa shape index (κ3) is 1.80. The predicted molar refractivity (Wildman–Crippen MR) is 71.5 cm³/mol. The molecule has 0 spiro atoms. The fourth-order valence-corrected chi connectivity index (χ4v) is 2.01. The summed E-state index contributed by atoms with van der Waals surface area (Å²) >= 11 is 0. The molecule has 0 fully saturated rings. The highest BCUT2D eigenvalue weighted by Gasteiger charge is 2.04. The van der Waals surface area contributed by atoms with Crippen LogP contribution in [-0.4, -0.2) is 17.3 Å². The lowest BCUT2D eigenvalue weighted by molar-refractivity contribution is 0.415. The van der Waals surface area contributed by atoms with Gasteiger partial charge in [0.25, 0.3) is 0 Å². The molecule has 0 saturated heterocycles. The molecule has 0 N–H and O–H groups in total. The minimum absolute atomic E-state index is 0.852. The van der Waals surface area contributed by atoms with Crippen LogP contribution in [0, 0.1) is 0 Å². The molecule has 2 aromatic carbocycles. The average molecular weight is 236 g/mol. The summed E-state index contributed by atoms with van der Waals surface area (Å²) in [5.41, 5.74) is 3.11. The molecule has 0 saturated carbocycles. The van der Waals surface area contributed by atoms with Crippen LogP contribution in [0.3, 0.4) is 0 Å². The molecule has 3 aromatic rings. The van der Waals surface area contributed by atoms with Crippen molar-refractivity contribution in [2.24, 2.45) is 0 Å². The van der Waals surface area contributed by atoms with Crippen molar-refractivity contribution in [3.8, 4) is 16.9 Å². The first-order valence-electron chi connectivity index (χ1n) is 5.73. The van der Waals surface area contributed by atoms with Crippen LogP contribution in [0.4, 0.5) is 0 Å². The number of hydrogen-bond acceptors (Lipinski definition) is 3. The van der Waals surface area contributed by atoms with E-state index in [9.17, 15) is 0 Å². The number of hydrogen-bond donors (Lipinski definition) is 0. The van der Waals surface area contributed by atoms with Crippen LogP contribution in [0.1, 0.15) is 0 Å². The number of fused-ring (bicyclic) bond motifs is 1. The molecular weight excluding hydrogens is 224 g/mol. The summed E-state index contributed by atoms with van der Waals surface area (Å²) in [6.45, 7) is 0. The number of benzene rings is 2. The molecule has 1 heterocycles. The van der Waals surface area contributed by atoms with Crippen LogP contribution in [0.15, 0.2) is 54.7 Å². The van der Waals surface area contributed by atoms with Crippen LogP contribution >= 0.6 is 0 Å². The van der Waals surface area contributed by atoms with E-state index in [0.717, 1.165) is 27.8 Å². The van der Waals surface area contributed by atoms with Crippen LogP contribution in [0.25, 0.3) is 22.0 Å². The summed E-state index contributed by atoms with van der Waals surface area (Å²) in [5, 5.41) is 9.29. The number of ether oxygens (including phenoxy) is 1. The van der Waals surface area contributed by atoms with Crippen molar-refractivity contribution in [2.45, 2.75) is 0 Å². The zero-order valence-electron chi connectivity index (χ0n) is 10.00. The molecule has 0 atom stereocenters. The van der Waals surface area contributed by atoms with Crippen molar-refractivity contribution in [3.63, 3.8) is 0 Å². The lowest BCUT2D eigenvalue weighted by Gasteiger charge is -2.06. The first kappa shape index (κ1) is 10.7. The summed E-state index contributed by atoms with van der Waals surface area (Å²) in [5.74, 6) is 0.852. The Hall–Kier alpha value is -2.42. The van der Waals surface area contributed by atoms with Crippen molar-refractivity contribution in [1.82, 2.24) is 10.2 Å². The van der Waals surface area contributed by atoms with E-state index in [4.69, 9.17) is 4.74 Å². The summed E-state index contributed by atoms with van der Waals surface area (Å²) in [6, 6.07) is 16.0. The van der Waals surface area contributed by atoms with Crippen molar-refractivity contribution < 1.29 is 4.74 Å². The van der Waals surface area contributed by atoms with Crippen LogP contribution in [0.2, 0.25) is 0 Å². The number of nitrogens with zero attached hydrogens (tertiary/aromatic N) is 2. The quantitative estimate of drug-likeness (QED) is 0.684. The van der Waals surface area contributed by atoms with E-state index in [1.165, 1.54) is 0 Å². The molecule has 18 heavy (non-hydrogen) atoms. The summed E-state index contributed by atoms with van der Waals surface area (Å²) in [4.78, 5) is 0. The van der Waals surface area contributed by atoms with Crippen LogP contribution in [0.5, 0.6) is 5.75 Å². The maximum absolute atomic E-state index is 5.16. The normalized spacial score (nSPS) is 10.5. The number of methoxy groups -OCH3 is 1. The first-order valence-corrected chi connectivity index (χ1v) is 5.73. The molecule has 0 unspecified atom stereocenters. The van der Waals surface area contributed by atoms with Gasteiger partial charge in [-0.3, -0.25) is 0 Å². The lowest BCUT2D eigenvalue weighted by Crippen LogP contribution is -1.88. The molecule has 0 aliphatic rings. The van der Waals surface area contributed by atoms with Gasteiger partial charge in [-0.2, -0.15) is 10.2 Å². The summed E-state index contributed by atoms with van der Waals surface area (Å²) < 4.78 is 5.16.